The quantitative estimate of drug-likeness (QED) is 0.145. The van der Waals surface area contributed by atoms with Crippen LogP contribution in [0.25, 0.3) is 4.98 Å². The van der Waals surface area contributed by atoms with Crippen LogP contribution in [0.5, 0.6) is 5.75 Å². The second-order valence-corrected chi connectivity index (χ2v) is 13.5. The maximum absolute atomic E-state index is 13.7. The van der Waals surface area contributed by atoms with Crippen LogP contribution in [0.4, 0.5) is 11.4 Å². The average molecular weight is 587 g/mol. The van der Waals surface area contributed by atoms with Gasteiger partial charge in [0.05, 0.1) is 19.7 Å². The lowest BCUT2D eigenvalue weighted by Gasteiger charge is -2.33. The first-order valence-electron chi connectivity index (χ1n) is 16.2. The third-order valence-electron chi connectivity index (χ3n) is 7.13. The number of nitrogens with zero attached hydrogens (tertiary/aromatic N) is 5. The number of diazo groups is 1. The molecule has 0 heterocycles. The molecule has 0 fully saturated rings. The number of rotatable bonds is 20. The maximum atomic E-state index is 13.7. The Morgan fingerprint density at radius 3 is 1.67 bits per heavy atom. The van der Waals surface area contributed by atoms with Crippen LogP contribution in [-0.2, 0) is 9.59 Å². The lowest BCUT2D eigenvalue weighted by molar-refractivity contribution is -0.131. The summed E-state index contributed by atoms with van der Waals surface area (Å²) in [4.78, 5) is 36.6. The van der Waals surface area contributed by atoms with E-state index in [1.54, 1.807) is 12.1 Å². The Morgan fingerprint density at radius 2 is 1.29 bits per heavy atom. The van der Waals surface area contributed by atoms with Crippen molar-refractivity contribution in [3.63, 3.8) is 0 Å². The third kappa shape index (κ3) is 13.9. The lowest BCUT2D eigenvalue weighted by atomic mass is 10.0. The van der Waals surface area contributed by atoms with Gasteiger partial charge in [0.25, 0.3) is 0 Å². The topological polar surface area (TPSA) is 81.2 Å². The predicted molar refractivity (Wildman–Crippen MR) is 175 cm³/mol. The van der Waals surface area contributed by atoms with E-state index >= 15 is 0 Å². The number of ether oxygens (including phenoxy) is 1. The molecule has 8 heteroatoms. The van der Waals surface area contributed by atoms with Crippen LogP contribution in [0, 0.1) is 35.0 Å². The van der Waals surface area contributed by atoms with E-state index < -0.39 is 0 Å². The molecule has 0 saturated heterocycles. The van der Waals surface area contributed by atoms with Gasteiger partial charge in [-0.25, -0.2) is 0 Å². The summed E-state index contributed by atoms with van der Waals surface area (Å²) in [5, 5.41) is 9.69. The first-order valence-corrected chi connectivity index (χ1v) is 16.2. The normalized spacial score (nSPS) is 12.1. The highest BCUT2D eigenvalue weighted by Gasteiger charge is 2.26. The fourth-order valence-corrected chi connectivity index (χ4v) is 5.09. The van der Waals surface area contributed by atoms with E-state index in [0.29, 0.717) is 79.5 Å². The molecule has 0 aromatic heterocycles. The number of amides is 2. The van der Waals surface area contributed by atoms with Gasteiger partial charge < -0.3 is 19.4 Å². The van der Waals surface area contributed by atoms with E-state index in [1.165, 1.54) is 0 Å². The highest BCUT2D eigenvalue weighted by molar-refractivity contribution is 5.87. The molecule has 0 saturated carbocycles. The van der Waals surface area contributed by atoms with E-state index in [1.807, 2.05) is 20.8 Å². The minimum Gasteiger partial charge on any atom is -0.486 e. The van der Waals surface area contributed by atoms with Crippen molar-refractivity contribution < 1.29 is 14.3 Å². The van der Waals surface area contributed by atoms with Gasteiger partial charge in [0.15, 0.2) is 4.98 Å². The van der Waals surface area contributed by atoms with Gasteiger partial charge >= 0.3 is 5.69 Å². The summed E-state index contributed by atoms with van der Waals surface area (Å²) in [6.07, 6.45) is 4.36. The molecule has 8 nitrogen and oxygen atoms in total. The number of benzene rings is 1. The third-order valence-corrected chi connectivity index (χ3v) is 7.13. The summed E-state index contributed by atoms with van der Waals surface area (Å²) in [5.41, 5.74) is 1.04. The van der Waals surface area contributed by atoms with Gasteiger partial charge in [0, 0.05) is 44.0 Å². The monoisotopic (exact) mass is 586 g/mol. The molecule has 238 valence electrons. The molecule has 42 heavy (non-hydrogen) atoms. The summed E-state index contributed by atoms with van der Waals surface area (Å²) in [7, 11) is 0. The number of carbonyl (C=O) groups excluding carboxylic acids is 2. The molecule has 0 radical (unpaired) electrons. The Hall–Kier alpha value is -2.82. The van der Waals surface area contributed by atoms with E-state index in [9.17, 15) is 15.0 Å². The molecule has 0 spiro atoms. The molecule has 0 aliphatic rings. The van der Waals surface area contributed by atoms with E-state index in [0.717, 1.165) is 25.7 Å². The van der Waals surface area contributed by atoms with Gasteiger partial charge in [0.1, 0.15) is 0 Å². The van der Waals surface area contributed by atoms with Crippen molar-refractivity contribution in [2.24, 2.45) is 29.6 Å². The summed E-state index contributed by atoms with van der Waals surface area (Å²) >= 11 is 0. The van der Waals surface area contributed by atoms with Gasteiger partial charge in [-0.3, -0.25) is 9.59 Å². The van der Waals surface area contributed by atoms with Gasteiger partial charge in [-0.05, 0) is 42.1 Å². The fraction of sp³-hybridized carbons (Fsp3) is 0.765. The molecule has 1 aromatic carbocycles. The first-order chi connectivity index (χ1) is 19.8. The zero-order valence-electron chi connectivity index (χ0n) is 28.4. The smallest absolute Gasteiger partial charge is 0.426 e. The van der Waals surface area contributed by atoms with Crippen LogP contribution in [0.15, 0.2) is 18.2 Å². The molecule has 0 N–H and O–H groups in total. The number of carbonyl (C=O) groups is 2. The van der Waals surface area contributed by atoms with Crippen LogP contribution >= 0.6 is 0 Å². The molecule has 0 aliphatic heterocycles. The number of anilines is 1. The minimum atomic E-state index is -0.00604. The molecular formula is C34H60N5O3+. The summed E-state index contributed by atoms with van der Waals surface area (Å²) in [5.74, 6) is 2.18. The Bertz CT molecular complexity index is 928. The molecule has 1 rings (SSSR count). The predicted octanol–water partition coefficient (Wildman–Crippen LogP) is 7.85. The van der Waals surface area contributed by atoms with Crippen molar-refractivity contribution in [3.05, 3.63) is 23.2 Å². The van der Waals surface area contributed by atoms with E-state index in [2.05, 4.69) is 74.2 Å². The van der Waals surface area contributed by atoms with Crippen LogP contribution in [0.2, 0.25) is 0 Å². The molecule has 1 atom stereocenters. The number of unbranched alkanes of at least 4 members (excludes halogenated alkanes) is 1. The van der Waals surface area contributed by atoms with Gasteiger partial charge in [-0.2, -0.15) is 0 Å². The summed E-state index contributed by atoms with van der Waals surface area (Å²) in [6, 6.07) is 5.31. The minimum absolute atomic E-state index is 0.00604. The molecule has 0 bridgehead atoms. The highest BCUT2D eigenvalue weighted by atomic mass is 16.5. The van der Waals surface area contributed by atoms with Crippen LogP contribution in [0.1, 0.15) is 94.9 Å². The molecule has 1 unspecified atom stereocenters. The number of hydrogen-bond acceptors (Lipinski definition) is 5. The summed E-state index contributed by atoms with van der Waals surface area (Å²) in [6.45, 7) is 24.6. The van der Waals surface area contributed by atoms with Crippen LogP contribution < -0.4 is 9.64 Å². The van der Waals surface area contributed by atoms with Crippen molar-refractivity contribution in [3.8, 4) is 5.75 Å². The van der Waals surface area contributed by atoms with Crippen molar-refractivity contribution in [1.29, 1.82) is 5.39 Å². The molecule has 0 aliphatic carbocycles. The highest BCUT2D eigenvalue weighted by Crippen LogP contribution is 2.33. The Morgan fingerprint density at radius 1 is 0.810 bits per heavy atom. The van der Waals surface area contributed by atoms with Crippen LogP contribution in [0.3, 0.4) is 0 Å². The van der Waals surface area contributed by atoms with Crippen molar-refractivity contribution in [1.82, 2.24) is 9.80 Å². The second-order valence-electron chi connectivity index (χ2n) is 13.5. The van der Waals surface area contributed by atoms with Gasteiger partial charge in [0.2, 0.25) is 23.0 Å². The first kappa shape index (κ1) is 37.2. The molecular weight excluding hydrogens is 526 g/mol. The van der Waals surface area contributed by atoms with Gasteiger partial charge in [-0.1, -0.05) is 88.5 Å². The largest absolute Gasteiger partial charge is 0.486 e. The molecule has 1 aromatic rings. The van der Waals surface area contributed by atoms with E-state index in [-0.39, 0.29) is 24.9 Å². The Kier molecular flexibility index (Phi) is 17.2. The average Bonchev–Trinajstić information content (AvgIpc) is 2.90. The standard InChI is InChI=1S/C34H60N5O3/c1-11-13-14-29(12-2)24-42-32-17-30(15-16-31(32)36-35)37(22-33(40)38(18-25(3)4)19-26(5)6)23-34(41)39(20-27(7)8)21-28(9)10/h15-17,25-29H,11-14,18-24H2,1-10H3/q+1. The van der Waals surface area contributed by atoms with Crippen molar-refractivity contribution in [2.75, 3.05) is 50.8 Å². The van der Waals surface area contributed by atoms with E-state index in [4.69, 9.17) is 4.74 Å². The molecule has 2 amide bonds. The van der Waals surface area contributed by atoms with Crippen molar-refractivity contribution in [2.45, 2.75) is 94.9 Å². The van der Waals surface area contributed by atoms with Crippen molar-refractivity contribution >= 4 is 23.2 Å². The zero-order valence-corrected chi connectivity index (χ0v) is 28.4. The maximum Gasteiger partial charge on any atom is 0.426 e. The lowest BCUT2D eigenvalue weighted by Crippen LogP contribution is -2.48. The number of hydrogen-bond donors (Lipinski definition) is 0. The second kappa shape index (κ2) is 19.4. The Balaban J connectivity index is 3.43. The fourth-order valence-electron chi connectivity index (χ4n) is 5.09. The Labute approximate surface area is 256 Å². The van der Waals surface area contributed by atoms with Gasteiger partial charge in [-0.15, -0.1) is 0 Å². The summed E-state index contributed by atoms with van der Waals surface area (Å²) < 4.78 is 6.21. The zero-order chi connectivity index (χ0) is 31.8. The van der Waals surface area contributed by atoms with Crippen LogP contribution in [-0.4, -0.2) is 67.5 Å². The SMILES string of the molecule is CCCCC(CC)COc1cc(N(CC(=O)N(CC(C)C)CC(C)C)CC(=O)N(CC(C)C)CC(C)C)ccc1[N+]#N.